The van der Waals surface area contributed by atoms with Gasteiger partial charge in [0.05, 0.1) is 12.2 Å². The van der Waals surface area contributed by atoms with E-state index in [9.17, 15) is 14.7 Å². The number of anilines is 1. The molecular weight excluding hydrogens is 256 g/mol. The molecule has 0 atom stereocenters. The first-order valence-corrected chi connectivity index (χ1v) is 6.93. The van der Waals surface area contributed by atoms with Gasteiger partial charge in [0.25, 0.3) is 0 Å². The van der Waals surface area contributed by atoms with Gasteiger partial charge in [0.2, 0.25) is 11.8 Å². The van der Waals surface area contributed by atoms with Gasteiger partial charge in [-0.3, -0.25) is 9.59 Å². The van der Waals surface area contributed by atoms with Crippen molar-refractivity contribution in [1.82, 2.24) is 5.32 Å². The highest BCUT2D eigenvalue weighted by molar-refractivity contribution is 5.95. The van der Waals surface area contributed by atoms with Crippen LogP contribution in [0.1, 0.15) is 31.2 Å². The lowest BCUT2D eigenvalue weighted by atomic mass is 10.1. The Kier molecular flexibility index (Phi) is 4.61. The quantitative estimate of drug-likeness (QED) is 0.735. The van der Waals surface area contributed by atoms with Gasteiger partial charge in [0.15, 0.2) is 0 Å². The molecule has 0 radical (unpaired) electrons. The normalized spacial score (nSPS) is 15.1. The molecule has 1 fully saturated rings. The Balaban J connectivity index is 1.83. The highest BCUT2D eigenvalue weighted by Crippen LogP contribution is 2.25. The molecule has 0 spiro atoms. The molecule has 0 saturated heterocycles. The van der Waals surface area contributed by atoms with Crippen molar-refractivity contribution in [2.75, 3.05) is 11.9 Å². The molecule has 5 nitrogen and oxygen atoms in total. The predicted octanol–water partition coefficient (Wildman–Crippen LogP) is 1.95. The summed E-state index contributed by atoms with van der Waals surface area (Å²) in [4.78, 5) is 23.5. The topological polar surface area (TPSA) is 78.4 Å². The maximum Gasteiger partial charge on any atom is 0.243 e. The Morgan fingerprint density at radius 2 is 2.00 bits per heavy atom. The molecule has 0 aliphatic heterocycles. The summed E-state index contributed by atoms with van der Waals surface area (Å²) in [7, 11) is 0. The van der Waals surface area contributed by atoms with Gasteiger partial charge in [-0.2, -0.15) is 0 Å². The third-order valence-corrected chi connectivity index (χ3v) is 3.58. The summed E-state index contributed by atoms with van der Waals surface area (Å²) >= 11 is 0. The maximum absolute atomic E-state index is 11.8. The number of carbonyl (C=O) groups excluding carboxylic acids is 2. The van der Waals surface area contributed by atoms with E-state index in [0.717, 1.165) is 31.2 Å². The summed E-state index contributed by atoms with van der Waals surface area (Å²) in [6, 6.07) is 4.97. The zero-order valence-corrected chi connectivity index (χ0v) is 11.6. The third-order valence-electron chi connectivity index (χ3n) is 3.58. The van der Waals surface area contributed by atoms with E-state index in [1.54, 1.807) is 12.1 Å². The van der Waals surface area contributed by atoms with Gasteiger partial charge >= 0.3 is 0 Å². The van der Waals surface area contributed by atoms with Gasteiger partial charge in [-0.1, -0.05) is 18.9 Å². The van der Waals surface area contributed by atoms with Crippen LogP contribution in [0, 0.1) is 12.8 Å². The zero-order chi connectivity index (χ0) is 14.5. The van der Waals surface area contributed by atoms with Crippen molar-refractivity contribution in [2.45, 2.75) is 32.6 Å². The van der Waals surface area contributed by atoms with E-state index in [-0.39, 0.29) is 30.0 Å². The molecule has 1 aliphatic carbocycles. The Morgan fingerprint density at radius 3 is 2.70 bits per heavy atom. The van der Waals surface area contributed by atoms with E-state index in [4.69, 9.17) is 0 Å². The second-order valence-electron chi connectivity index (χ2n) is 5.27. The number of aromatic hydroxyl groups is 1. The summed E-state index contributed by atoms with van der Waals surface area (Å²) in [5.41, 5.74) is 1.30. The molecule has 1 aromatic rings. The first kappa shape index (κ1) is 14.4. The fourth-order valence-corrected chi connectivity index (χ4v) is 2.44. The molecule has 0 heterocycles. The second kappa shape index (κ2) is 6.41. The first-order chi connectivity index (χ1) is 9.56. The van der Waals surface area contributed by atoms with Crippen molar-refractivity contribution in [2.24, 2.45) is 5.92 Å². The minimum absolute atomic E-state index is 0.0195. The Bertz CT molecular complexity index is 508. The third kappa shape index (κ3) is 3.73. The number of rotatable bonds is 4. The average molecular weight is 276 g/mol. The van der Waals surface area contributed by atoms with Crippen LogP contribution in [0.25, 0.3) is 0 Å². The Hall–Kier alpha value is -2.04. The van der Waals surface area contributed by atoms with E-state index < -0.39 is 0 Å². The molecule has 2 amide bonds. The van der Waals surface area contributed by atoms with E-state index >= 15 is 0 Å². The molecule has 1 aliphatic rings. The van der Waals surface area contributed by atoms with E-state index in [1.165, 1.54) is 6.07 Å². The first-order valence-electron chi connectivity index (χ1n) is 6.93. The minimum Gasteiger partial charge on any atom is -0.506 e. The lowest BCUT2D eigenvalue weighted by Gasteiger charge is -2.11. The summed E-state index contributed by atoms with van der Waals surface area (Å²) in [6.07, 6.45) is 3.99. The van der Waals surface area contributed by atoms with Crippen molar-refractivity contribution in [1.29, 1.82) is 0 Å². The van der Waals surface area contributed by atoms with Crippen LogP contribution in [-0.4, -0.2) is 23.5 Å². The van der Waals surface area contributed by atoms with Crippen LogP contribution < -0.4 is 10.6 Å². The fourth-order valence-electron chi connectivity index (χ4n) is 2.44. The van der Waals surface area contributed by atoms with Gasteiger partial charge < -0.3 is 15.7 Å². The van der Waals surface area contributed by atoms with Crippen molar-refractivity contribution >= 4 is 17.5 Å². The molecular formula is C15H20N2O3. The standard InChI is InChI=1S/C15H20N2O3/c1-10-6-7-13(18)12(8-10)17-14(19)9-16-15(20)11-4-2-3-5-11/h6-8,11,18H,2-5,9H2,1H3,(H,16,20)(H,17,19). The van der Waals surface area contributed by atoms with Crippen molar-refractivity contribution < 1.29 is 14.7 Å². The fraction of sp³-hybridized carbons (Fsp3) is 0.467. The van der Waals surface area contributed by atoms with Crippen LogP contribution in [0.15, 0.2) is 18.2 Å². The van der Waals surface area contributed by atoms with Gasteiger partial charge in [-0.25, -0.2) is 0 Å². The summed E-state index contributed by atoms with van der Waals surface area (Å²) in [6.45, 7) is 1.81. The van der Waals surface area contributed by atoms with Crippen molar-refractivity contribution in [3.05, 3.63) is 23.8 Å². The highest BCUT2D eigenvalue weighted by atomic mass is 16.3. The van der Waals surface area contributed by atoms with Gasteiger partial charge in [0, 0.05) is 5.92 Å². The number of phenols is 1. The molecule has 3 N–H and O–H groups in total. The van der Waals surface area contributed by atoms with E-state index in [2.05, 4.69) is 10.6 Å². The number of phenolic OH excluding ortho intramolecular Hbond substituents is 1. The zero-order valence-electron chi connectivity index (χ0n) is 11.6. The maximum atomic E-state index is 11.8. The van der Waals surface area contributed by atoms with E-state index in [1.807, 2.05) is 6.92 Å². The average Bonchev–Trinajstić information content (AvgIpc) is 2.94. The van der Waals surface area contributed by atoms with Gasteiger partial charge in [-0.15, -0.1) is 0 Å². The van der Waals surface area contributed by atoms with Crippen LogP contribution in [0.4, 0.5) is 5.69 Å². The molecule has 2 rings (SSSR count). The lowest BCUT2D eigenvalue weighted by molar-refractivity contribution is -0.127. The molecule has 1 saturated carbocycles. The summed E-state index contributed by atoms with van der Waals surface area (Å²) in [5.74, 6) is -0.315. The lowest BCUT2D eigenvalue weighted by Crippen LogP contribution is -2.36. The number of nitrogens with one attached hydrogen (secondary N) is 2. The van der Waals surface area contributed by atoms with E-state index in [0.29, 0.717) is 5.69 Å². The number of hydrogen-bond acceptors (Lipinski definition) is 3. The Morgan fingerprint density at radius 1 is 1.30 bits per heavy atom. The number of hydrogen-bond donors (Lipinski definition) is 3. The largest absolute Gasteiger partial charge is 0.506 e. The molecule has 0 aromatic heterocycles. The van der Waals surface area contributed by atoms with Crippen molar-refractivity contribution in [3.63, 3.8) is 0 Å². The molecule has 108 valence electrons. The van der Waals surface area contributed by atoms with Crippen LogP contribution in [0.2, 0.25) is 0 Å². The monoisotopic (exact) mass is 276 g/mol. The van der Waals surface area contributed by atoms with Gasteiger partial charge in [0.1, 0.15) is 5.75 Å². The predicted molar refractivity (Wildman–Crippen MR) is 76.4 cm³/mol. The molecule has 20 heavy (non-hydrogen) atoms. The number of amides is 2. The smallest absolute Gasteiger partial charge is 0.243 e. The van der Waals surface area contributed by atoms with Crippen LogP contribution >= 0.6 is 0 Å². The highest BCUT2D eigenvalue weighted by Gasteiger charge is 2.22. The van der Waals surface area contributed by atoms with Crippen LogP contribution in [-0.2, 0) is 9.59 Å². The van der Waals surface area contributed by atoms with Gasteiger partial charge in [-0.05, 0) is 37.5 Å². The molecule has 5 heteroatoms. The molecule has 1 aromatic carbocycles. The Labute approximate surface area is 118 Å². The van der Waals surface area contributed by atoms with Crippen LogP contribution in [0.5, 0.6) is 5.75 Å². The van der Waals surface area contributed by atoms with Crippen molar-refractivity contribution in [3.8, 4) is 5.75 Å². The number of carbonyl (C=O) groups is 2. The number of benzene rings is 1. The molecule has 0 bridgehead atoms. The summed E-state index contributed by atoms with van der Waals surface area (Å²) in [5, 5.41) is 14.9. The second-order valence-corrected chi connectivity index (χ2v) is 5.27. The van der Waals surface area contributed by atoms with Crippen LogP contribution in [0.3, 0.4) is 0 Å². The number of aryl methyl sites for hydroxylation is 1. The SMILES string of the molecule is Cc1ccc(O)c(NC(=O)CNC(=O)C2CCCC2)c1. The summed E-state index contributed by atoms with van der Waals surface area (Å²) < 4.78 is 0. The molecule has 0 unspecified atom stereocenters. The minimum atomic E-state index is -0.336.